The van der Waals surface area contributed by atoms with Gasteiger partial charge in [0.15, 0.2) is 0 Å². The van der Waals surface area contributed by atoms with E-state index in [0.29, 0.717) is 11.3 Å². The van der Waals surface area contributed by atoms with Crippen molar-refractivity contribution in [2.45, 2.75) is 25.6 Å². The number of hydrogen-bond donors (Lipinski definition) is 1. The maximum absolute atomic E-state index is 12.8. The highest BCUT2D eigenvalue weighted by atomic mass is 19.4. The van der Waals surface area contributed by atoms with Crippen LogP contribution in [0.15, 0.2) is 48.5 Å². The number of alkyl halides is 3. The molecule has 0 bridgehead atoms. The molecule has 144 valence electrons. The quantitative estimate of drug-likeness (QED) is 0.819. The lowest BCUT2D eigenvalue weighted by Gasteiger charge is -2.26. The van der Waals surface area contributed by atoms with Crippen molar-refractivity contribution >= 4 is 17.5 Å². The van der Waals surface area contributed by atoms with Crippen molar-refractivity contribution in [3.63, 3.8) is 0 Å². The van der Waals surface area contributed by atoms with E-state index in [1.165, 1.54) is 4.90 Å². The maximum Gasteiger partial charge on any atom is 0.405 e. The molecular formula is C21H17F3N2O2. The molecule has 0 saturated heterocycles. The third-order valence-electron chi connectivity index (χ3n) is 4.23. The monoisotopic (exact) mass is 386 g/mol. The molecule has 1 heterocycles. The summed E-state index contributed by atoms with van der Waals surface area (Å²) in [7, 11) is 0. The number of nitrogens with one attached hydrogen (secondary N) is 1. The summed E-state index contributed by atoms with van der Waals surface area (Å²) in [5, 5.41) is 1.78. The van der Waals surface area contributed by atoms with E-state index in [9.17, 15) is 22.8 Å². The fourth-order valence-corrected chi connectivity index (χ4v) is 2.85. The van der Waals surface area contributed by atoms with E-state index in [1.807, 2.05) is 30.3 Å². The zero-order valence-corrected chi connectivity index (χ0v) is 14.8. The van der Waals surface area contributed by atoms with Crippen LogP contribution in [0.5, 0.6) is 0 Å². The number of amides is 2. The van der Waals surface area contributed by atoms with Crippen LogP contribution >= 0.6 is 0 Å². The SMILES string of the molecule is O=C(CCC(=O)N1Cc2ccccc2C#Cc2ccccc21)NCC(F)(F)F. The zero-order chi connectivity index (χ0) is 20.1. The first-order chi connectivity index (χ1) is 13.3. The molecule has 0 aromatic heterocycles. The van der Waals surface area contributed by atoms with E-state index in [1.54, 1.807) is 23.5 Å². The second-order valence-corrected chi connectivity index (χ2v) is 6.30. The summed E-state index contributed by atoms with van der Waals surface area (Å²) in [5.41, 5.74) is 2.95. The molecule has 28 heavy (non-hydrogen) atoms. The summed E-state index contributed by atoms with van der Waals surface area (Å²) in [6.07, 6.45) is -5.00. The summed E-state index contributed by atoms with van der Waals surface area (Å²) < 4.78 is 36.6. The van der Waals surface area contributed by atoms with Gasteiger partial charge >= 0.3 is 6.18 Å². The molecule has 3 rings (SSSR count). The lowest BCUT2D eigenvalue weighted by molar-refractivity contribution is -0.138. The van der Waals surface area contributed by atoms with E-state index in [-0.39, 0.29) is 25.3 Å². The van der Waals surface area contributed by atoms with Gasteiger partial charge in [0.2, 0.25) is 11.8 Å². The Bertz CT molecular complexity index is 958. The van der Waals surface area contributed by atoms with Gasteiger partial charge in [0, 0.05) is 24.0 Å². The minimum atomic E-state index is -4.48. The molecule has 0 aliphatic carbocycles. The number of nitrogens with zero attached hydrogens (tertiary/aromatic N) is 1. The van der Waals surface area contributed by atoms with Crippen molar-refractivity contribution in [1.29, 1.82) is 0 Å². The van der Waals surface area contributed by atoms with Gasteiger partial charge in [-0.1, -0.05) is 42.2 Å². The molecule has 0 atom stereocenters. The van der Waals surface area contributed by atoms with Crippen LogP contribution in [0.4, 0.5) is 18.9 Å². The number of hydrogen-bond acceptors (Lipinski definition) is 2. The van der Waals surface area contributed by atoms with Gasteiger partial charge in [-0.3, -0.25) is 9.59 Å². The van der Waals surface area contributed by atoms with Crippen molar-refractivity contribution in [2.75, 3.05) is 11.4 Å². The number of rotatable bonds is 4. The second-order valence-electron chi connectivity index (χ2n) is 6.30. The highest BCUT2D eigenvalue weighted by Crippen LogP contribution is 2.26. The third-order valence-corrected chi connectivity index (χ3v) is 4.23. The number of halogens is 3. The Morgan fingerprint density at radius 3 is 2.36 bits per heavy atom. The van der Waals surface area contributed by atoms with Gasteiger partial charge in [-0.05, 0) is 23.8 Å². The van der Waals surface area contributed by atoms with E-state index in [0.717, 1.165) is 11.1 Å². The first-order valence-corrected chi connectivity index (χ1v) is 8.66. The molecule has 0 unspecified atom stereocenters. The largest absolute Gasteiger partial charge is 0.405 e. The van der Waals surface area contributed by atoms with Gasteiger partial charge in [-0.2, -0.15) is 13.2 Å². The molecule has 4 nitrogen and oxygen atoms in total. The van der Waals surface area contributed by atoms with Crippen LogP contribution in [0, 0.1) is 11.8 Å². The molecule has 2 aromatic rings. The zero-order valence-electron chi connectivity index (χ0n) is 14.8. The summed E-state index contributed by atoms with van der Waals surface area (Å²) in [5.74, 6) is 5.00. The van der Waals surface area contributed by atoms with E-state index < -0.39 is 18.6 Å². The summed E-state index contributed by atoms with van der Waals surface area (Å²) in [6, 6.07) is 14.6. The van der Waals surface area contributed by atoms with Crippen molar-refractivity contribution in [3.8, 4) is 11.8 Å². The Hall–Kier alpha value is -3.27. The highest BCUT2D eigenvalue weighted by molar-refractivity contribution is 5.96. The van der Waals surface area contributed by atoms with Crippen LogP contribution in [0.3, 0.4) is 0 Å². The molecule has 1 aliphatic heterocycles. The molecule has 0 fully saturated rings. The molecule has 2 aromatic carbocycles. The lowest BCUT2D eigenvalue weighted by atomic mass is 10.0. The van der Waals surface area contributed by atoms with E-state index >= 15 is 0 Å². The average Bonchev–Trinajstić information content (AvgIpc) is 2.65. The number of benzene rings is 2. The minimum absolute atomic E-state index is 0.201. The van der Waals surface area contributed by atoms with Gasteiger partial charge in [0.05, 0.1) is 12.2 Å². The average molecular weight is 386 g/mol. The summed E-state index contributed by atoms with van der Waals surface area (Å²) in [4.78, 5) is 26.0. The fourth-order valence-electron chi connectivity index (χ4n) is 2.85. The van der Waals surface area contributed by atoms with Crippen LogP contribution in [0.2, 0.25) is 0 Å². The Labute approximate surface area is 160 Å². The molecule has 2 amide bonds. The van der Waals surface area contributed by atoms with Gasteiger partial charge < -0.3 is 10.2 Å². The normalized spacial score (nSPS) is 12.6. The van der Waals surface area contributed by atoms with Gasteiger partial charge in [-0.15, -0.1) is 0 Å². The predicted molar refractivity (Wildman–Crippen MR) is 98.4 cm³/mol. The Morgan fingerprint density at radius 1 is 0.964 bits per heavy atom. The van der Waals surface area contributed by atoms with Crippen molar-refractivity contribution in [1.82, 2.24) is 5.32 Å². The molecule has 7 heteroatoms. The van der Waals surface area contributed by atoms with E-state index in [2.05, 4.69) is 11.8 Å². The van der Waals surface area contributed by atoms with Crippen molar-refractivity contribution < 1.29 is 22.8 Å². The van der Waals surface area contributed by atoms with Crippen LogP contribution in [0.25, 0.3) is 0 Å². The van der Waals surface area contributed by atoms with Crippen molar-refractivity contribution in [2.24, 2.45) is 0 Å². The molecular weight excluding hydrogens is 369 g/mol. The molecule has 1 aliphatic rings. The van der Waals surface area contributed by atoms with Crippen LogP contribution < -0.4 is 10.2 Å². The maximum atomic E-state index is 12.8. The third kappa shape index (κ3) is 4.92. The molecule has 1 N–H and O–H groups in total. The first-order valence-electron chi connectivity index (χ1n) is 8.66. The minimum Gasteiger partial charge on any atom is -0.347 e. The topological polar surface area (TPSA) is 49.4 Å². The Morgan fingerprint density at radius 2 is 1.61 bits per heavy atom. The molecule has 0 saturated carbocycles. The first kappa shape index (κ1) is 19.5. The fraction of sp³-hybridized carbons (Fsp3) is 0.238. The standard InChI is InChI=1S/C21H17F3N2O2/c22-21(23,24)14-25-19(27)11-12-20(28)26-13-17-7-2-1-5-15(17)9-10-16-6-3-4-8-18(16)26/h1-8H,11-14H2,(H,25,27). The second kappa shape index (κ2) is 8.17. The Balaban J connectivity index is 1.78. The summed E-state index contributed by atoms with van der Waals surface area (Å²) >= 11 is 0. The smallest absolute Gasteiger partial charge is 0.347 e. The van der Waals surface area contributed by atoms with E-state index in [4.69, 9.17) is 0 Å². The van der Waals surface area contributed by atoms with Crippen LogP contribution in [-0.4, -0.2) is 24.5 Å². The molecule has 0 spiro atoms. The van der Waals surface area contributed by atoms with Crippen LogP contribution in [-0.2, 0) is 16.1 Å². The number of para-hydroxylation sites is 1. The Kier molecular flexibility index (Phi) is 5.69. The summed E-state index contributed by atoms with van der Waals surface area (Å²) in [6.45, 7) is -1.14. The highest BCUT2D eigenvalue weighted by Gasteiger charge is 2.28. The molecule has 0 radical (unpaired) electrons. The van der Waals surface area contributed by atoms with Crippen molar-refractivity contribution in [3.05, 3.63) is 65.2 Å². The van der Waals surface area contributed by atoms with Crippen LogP contribution in [0.1, 0.15) is 29.5 Å². The van der Waals surface area contributed by atoms with Gasteiger partial charge in [0.1, 0.15) is 6.54 Å². The number of anilines is 1. The number of carbonyl (C=O) groups is 2. The lowest BCUT2D eigenvalue weighted by Crippen LogP contribution is -2.36. The number of carbonyl (C=O) groups excluding carboxylic acids is 2. The van der Waals surface area contributed by atoms with Gasteiger partial charge in [-0.25, -0.2) is 0 Å². The van der Waals surface area contributed by atoms with Gasteiger partial charge in [0.25, 0.3) is 0 Å². The number of fused-ring (bicyclic) bond motifs is 2. The predicted octanol–water partition coefficient (Wildman–Crippen LogP) is 3.39.